The Morgan fingerprint density at radius 1 is 1.04 bits per heavy atom. The normalized spacial score (nSPS) is 12.5. The van der Waals surface area contributed by atoms with Crippen molar-refractivity contribution in [2.24, 2.45) is 0 Å². The van der Waals surface area contributed by atoms with Gasteiger partial charge >= 0.3 is 0 Å². The second kappa shape index (κ2) is 5.63. The maximum atomic E-state index is 12.7. The van der Waals surface area contributed by atoms with Crippen LogP contribution in [0.25, 0.3) is 11.0 Å². The molecule has 0 atom stereocenters. The van der Waals surface area contributed by atoms with E-state index in [1.54, 1.807) is 43.4 Å². The number of anilines is 1. The fourth-order valence-electron chi connectivity index (χ4n) is 2.44. The molecule has 0 fully saturated rings. The molecule has 0 aliphatic heterocycles. The molecule has 0 unspecified atom stereocenters. The van der Waals surface area contributed by atoms with E-state index in [0.29, 0.717) is 5.69 Å². The summed E-state index contributed by atoms with van der Waals surface area (Å²) in [5.74, 6) is 0.878. The fraction of sp³-hybridized carbons (Fsp3) is 0.278. The lowest BCUT2D eigenvalue weighted by molar-refractivity contribution is 0.554. The van der Waals surface area contributed by atoms with E-state index in [-0.39, 0.29) is 10.3 Å². The van der Waals surface area contributed by atoms with Gasteiger partial charge in [-0.05, 0) is 30.3 Å². The number of rotatable bonds is 3. The van der Waals surface area contributed by atoms with Gasteiger partial charge in [0.1, 0.15) is 5.82 Å². The van der Waals surface area contributed by atoms with Crippen LogP contribution < -0.4 is 4.31 Å². The maximum absolute atomic E-state index is 12.7. The first-order valence-corrected chi connectivity index (χ1v) is 9.18. The summed E-state index contributed by atoms with van der Waals surface area (Å²) in [6.45, 7) is 6.24. The fourth-order valence-corrected chi connectivity index (χ4v) is 3.65. The molecule has 3 aromatic rings. The van der Waals surface area contributed by atoms with E-state index in [2.05, 4.69) is 30.7 Å². The lowest BCUT2D eigenvalue weighted by atomic mass is 9.96. The molecule has 1 N–H and O–H groups in total. The molecule has 0 aliphatic carbocycles. The first-order valence-electron chi connectivity index (χ1n) is 7.74. The lowest BCUT2D eigenvalue weighted by Crippen LogP contribution is -2.26. The molecule has 0 spiro atoms. The molecule has 0 amide bonds. The molecule has 3 rings (SSSR count). The third-order valence-electron chi connectivity index (χ3n) is 3.94. The van der Waals surface area contributed by atoms with Gasteiger partial charge in [-0.15, -0.1) is 0 Å². The Labute approximate surface area is 142 Å². The minimum Gasteiger partial charge on any atom is -0.341 e. The molecule has 5 nitrogen and oxygen atoms in total. The molecule has 1 aromatic heterocycles. The Morgan fingerprint density at radius 2 is 1.71 bits per heavy atom. The number of nitrogens with zero attached hydrogens (tertiary/aromatic N) is 2. The Morgan fingerprint density at radius 3 is 2.33 bits per heavy atom. The van der Waals surface area contributed by atoms with Crippen molar-refractivity contribution in [1.82, 2.24) is 9.97 Å². The Balaban J connectivity index is 2.03. The summed E-state index contributed by atoms with van der Waals surface area (Å²) in [5, 5.41) is 0. The second-order valence-corrected chi connectivity index (χ2v) is 8.79. The molecule has 0 aliphatic rings. The predicted octanol–water partition coefficient (Wildman–Crippen LogP) is 3.69. The number of H-pyrrole nitrogens is 1. The van der Waals surface area contributed by atoms with Gasteiger partial charge in [-0.2, -0.15) is 0 Å². The van der Waals surface area contributed by atoms with Gasteiger partial charge in [0.25, 0.3) is 10.0 Å². The molecule has 1 heterocycles. The number of aromatic amines is 1. The van der Waals surface area contributed by atoms with Crippen molar-refractivity contribution in [2.75, 3.05) is 11.4 Å². The topological polar surface area (TPSA) is 66.1 Å². The van der Waals surface area contributed by atoms with Crippen LogP contribution in [0.3, 0.4) is 0 Å². The summed E-state index contributed by atoms with van der Waals surface area (Å²) in [6, 6.07) is 13.9. The summed E-state index contributed by atoms with van der Waals surface area (Å²) in [7, 11) is -2.02. The van der Waals surface area contributed by atoms with Gasteiger partial charge in [0.15, 0.2) is 0 Å². The number of hydrogen-bond donors (Lipinski definition) is 1. The number of hydrogen-bond acceptors (Lipinski definition) is 3. The quantitative estimate of drug-likeness (QED) is 0.789. The molecular formula is C18H21N3O2S. The maximum Gasteiger partial charge on any atom is 0.264 e. The number of nitrogens with one attached hydrogen (secondary N) is 1. The summed E-state index contributed by atoms with van der Waals surface area (Å²) < 4.78 is 26.8. The Bertz CT molecular complexity index is 970. The van der Waals surface area contributed by atoms with Crippen LogP contribution >= 0.6 is 0 Å². The third kappa shape index (κ3) is 2.89. The molecule has 0 bridgehead atoms. The highest BCUT2D eigenvalue weighted by atomic mass is 32.2. The summed E-state index contributed by atoms with van der Waals surface area (Å²) in [4.78, 5) is 8.14. The second-order valence-electron chi connectivity index (χ2n) is 6.82. The van der Waals surface area contributed by atoms with Gasteiger partial charge in [-0.3, -0.25) is 4.31 Å². The van der Waals surface area contributed by atoms with Gasteiger partial charge in [-0.1, -0.05) is 39.0 Å². The van der Waals surface area contributed by atoms with Gasteiger partial charge in [0.05, 0.1) is 21.6 Å². The van der Waals surface area contributed by atoms with Crippen molar-refractivity contribution in [3.05, 3.63) is 54.4 Å². The summed E-state index contributed by atoms with van der Waals surface area (Å²) >= 11 is 0. The van der Waals surface area contributed by atoms with E-state index >= 15 is 0 Å². The van der Waals surface area contributed by atoms with E-state index in [1.165, 1.54) is 4.31 Å². The first-order chi connectivity index (χ1) is 11.2. The predicted molar refractivity (Wildman–Crippen MR) is 96.8 cm³/mol. The SMILES string of the molecule is CN(c1ccc2nc(C(C)(C)C)[nH]c2c1)S(=O)(=O)c1ccccc1. The van der Waals surface area contributed by atoms with E-state index in [4.69, 9.17) is 0 Å². The minimum absolute atomic E-state index is 0.0960. The third-order valence-corrected chi connectivity index (χ3v) is 5.74. The van der Waals surface area contributed by atoms with Gasteiger partial charge in [-0.25, -0.2) is 13.4 Å². The molecule has 0 saturated heterocycles. The summed E-state index contributed by atoms with van der Waals surface area (Å²) in [5.41, 5.74) is 2.15. The number of sulfonamides is 1. The highest BCUT2D eigenvalue weighted by Crippen LogP contribution is 2.27. The largest absolute Gasteiger partial charge is 0.341 e. The average Bonchev–Trinajstić information content (AvgIpc) is 2.98. The van der Waals surface area contributed by atoms with Crippen LogP contribution in [-0.2, 0) is 15.4 Å². The molecule has 0 saturated carbocycles. The molecule has 6 heteroatoms. The van der Waals surface area contributed by atoms with E-state index < -0.39 is 10.0 Å². The van der Waals surface area contributed by atoms with Crippen molar-refractivity contribution in [1.29, 1.82) is 0 Å². The Kier molecular flexibility index (Phi) is 3.87. The highest BCUT2D eigenvalue weighted by Gasteiger charge is 2.22. The standard InChI is InChI=1S/C18H21N3O2S/c1-18(2,3)17-19-15-11-10-13(12-16(15)20-17)21(4)24(22,23)14-8-6-5-7-9-14/h5-12H,1-4H3,(H,19,20). The molecule has 126 valence electrons. The molecule has 0 radical (unpaired) electrons. The van der Waals surface area contributed by atoms with Crippen LogP contribution in [0.15, 0.2) is 53.4 Å². The smallest absolute Gasteiger partial charge is 0.264 e. The van der Waals surface area contributed by atoms with Crippen molar-refractivity contribution >= 4 is 26.7 Å². The first kappa shape index (κ1) is 16.5. The van der Waals surface area contributed by atoms with Crippen LogP contribution in [-0.4, -0.2) is 25.4 Å². The Hall–Kier alpha value is -2.34. The monoisotopic (exact) mass is 343 g/mol. The average molecular weight is 343 g/mol. The van der Waals surface area contributed by atoms with Gasteiger partial charge in [0.2, 0.25) is 0 Å². The summed E-state index contributed by atoms with van der Waals surface area (Å²) in [6.07, 6.45) is 0. The van der Waals surface area contributed by atoms with Crippen LogP contribution in [0.2, 0.25) is 0 Å². The van der Waals surface area contributed by atoms with Gasteiger partial charge < -0.3 is 4.98 Å². The number of imidazole rings is 1. The zero-order chi connectivity index (χ0) is 17.5. The molecular weight excluding hydrogens is 322 g/mol. The van der Waals surface area contributed by atoms with Crippen LogP contribution in [0, 0.1) is 0 Å². The zero-order valence-corrected chi connectivity index (χ0v) is 15.1. The number of aromatic nitrogens is 2. The van der Waals surface area contributed by atoms with Crippen molar-refractivity contribution < 1.29 is 8.42 Å². The van der Waals surface area contributed by atoms with Crippen LogP contribution in [0.5, 0.6) is 0 Å². The van der Waals surface area contributed by atoms with E-state index in [1.807, 2.05) is 12.1 Å². The zero-order valence-electron chi connectivity index (χ0n) is 14.2. The molecule has 2 aromatic carbocycles. The minimum atomic E-state index is -3.58. The molecule has 24 heavy (non-hydrogen) atoms. The number of fused-ring (bicyclic) bond motifs is 1. The van der Waals surface area contributed by atoms with Crippen molar-refractivity contribution in [2.45, 2.75) is 31.1 Å². The van der Waals surface area contributed by atoms with Gasteiger partial charge in [0, 0.05) is 12.5 Å². The number of benzene rings is 2. The lowest BCUT2D eigenvalue weighted by Gasteiger charge is -2.19. The van der Waals surface area contributed by atoms with Crippen molar-refractivity contribution in [3.63, 3.8) is 0 Å². The van der Waals surface area contributed by atoms with Crippen molar-refractivity contribution in [3.8, 4) is 0 Å². The van der Waals surface area contributed by atoms with Crippen LogP contribution in [0.4, 0.5) is 5.69 Å². The van der Waals surface area contributed by atoms with Crippen LogP contribution in [0.1, 0.15) is 26.6 Å². The highest BCUT2D eigenvalue weighted by molar-refractivity contribution is 7.92. The van der Waals surface area contributed by atoms with E-state index in [0.717, 1.165) is 16.9 Å². The van der Waals surface area contributed by atoms with E-state index in [9.17, 15) is 8.42 Å².